The monoisotopic (exact) mass is 422 g/mol. The zero-order valence-corrected chi connectivity index (χ0v) is 16.5. The van der Waals surface area contributed by atoms with Crippen LogP contribution in [-0.4, -0.2) is 13.1 Å². The van der Waals surface area contributed by atoms with Crippen molar-refractivity contribution in [2.24, 2.45) is 0 Å². The van der Waals surface area contributed by atoms with Gasteiger partial charge in [-0.3, -0.25) is 4.79 Å². The van der Waals surface area contributed by atoms with Gasteiger partial charge in [0.25, 0.3) is 0 Å². The highest BCUT2D eigenvalue weighted by atomic mass is 35.5. The molecule has 0 atom stereocenters. The normalized spacial score (nSPS) is 10.6. The molecule has 1 aromatic heterocycles. The Bertz CT molecular complexity index is 1290. The van der Waals surface area contributed by atoms with Crippen LogP contribution in [0.15, 0.2) is 82.2 Å². The van der Waals surface area contributed by atoms with Gasteiger partial charge in [0.05, 0.1) is 23.1 Å². The number of para-hydroxylation sites is 1. The molecular formula is C23H15ClO6. The lowest BCUT2D eigenvalue weighted by molar-refractivity contribution is 0.0734. The minimum Gasteiger partial charge on any atom is -0.497 e. The first kappa shape index (κ1) is 19.5. The van der Waals surface area contributed by atoms with Crippen LogP contribution in [0.3, 0.4) is 0 Å². The molecule has 7 heteroatoms. The molecule has 0 aliphatic rings. The van der Waals surface area contributed by atoms with Gasteiger partial charge in [0.15, 0.2) is 0 Å². The topological polar surface area (TPSA) is 75.0 Å². The maximum absolute atomic E-state index is 12.7. The summed E-state index contributed by atoms with van der Waals surface area (Å²) in [4.78, 5) is 25.1. The molecule has 0 saturated carbocycles. The van der Waals surface area contributed by atoms with Gasteiger partial charge in [0.2, 0.25) is 11.2 Å². The van der Waals surface area contributed by atoms with Crippen molar-refractivity contribution in [3.63, 3.8) is 0 Å². The summed E-state index contributed by atoms with van der Waals surface area (Å²) in [5.41, 5.74) is 0.212. The Kier molecular flexibility index (Phi) is 5.41. The zero-order valence-electron chi connectivity index (χ0n) is 15.8. The number of halogens is 1. The van der Waals surface area contributed by atoms with E-state index in [1.54, 1.807) is 48.5 Å². The summed E-state index contributed by atoms with van der Waals surface area (Å²) in [5, 5.41) is 0.650. The Labute approximate surface area is 176 Å². The number of fused-ring (bicyclic) bond motifs is 1. The average molecular weight is 423 g/mol. The molecule has 0 fully saturated rings. The number of benzene rings is 3. The fourth-order valence-corrected chi connectivity index (χ4v) is 2.96. The van der Waals surface area contributed by atoms with Crippen LogP contribution in [0.1, 0.15) is 10.4 Å². The molecule has 30 heavy (non-hydrogen) atoms. The highest BCUT2D eigenvalue weighted by molar-refractivity contribution is 6.32. The van der Waals surface area contributed by atoms with Gasteiger partial charge in [-0.25, -0.2) is 4.79 Å². The van der Waals surface area contributed by atoms with Crippen molar-refractivity contribution in [1.82, 2.24) is 0 Å². The van der Waals surface area contributed by atoms with Gasteiger partial charge in [0, 0.05) is 6.07 Å². The van der Waals surface area contributed by atoms with E-state index in [9.17, 15) is 9.59 Å². The largest absolute Gasteiger partial charge is 0.497 e. The fourth-order valence-electron chi connectivity index (χ4n) is 2.79. The van der Waals surface area contributed by atoms with Crippen LogP contribution in [0.2, 0.25) is 5.02 Å². The lowest BCUT2D eigenvalue weighted by Gasteiger charge is -2.08. The molecule has 3 aromatic carbocycles. The molecule has 0 bridgehead atoms. The minimum atomic E-state index is -0.561. The summed E-state index contributed by atoms with van der Waals surface area (Å²) in [6.45, 7) is 0. The van der Waals surface area contributed by atoms with Gasteiger partial charge in [-0.15, -0.1) is 0 Å². The van der Waals surface area contributed by atoms with Crippen molar-refractivity contribution in [2.75, 3.05) is 7.11 Å². The van der Waals surface area contributed by atoms with E-state index in [1.165, 1.54) is 31.6 Å². The lowest BCUT2D eigenvalue weighted by atomic mass is 10.2. The second-order valence-electron chi connectivity index (χ2n) is 6.24. The molecule has 0 N–H and O–H groups in total. The Hall–Kier alpha value is -3.77. The third-order valence-electron chi connectivity index (χ3n) is 4.29. The first-order valence-corrected chi connectivity index (χ1v) is 9.27. The predicted octanol–water partition coefficient (Wildman–Crippen LogP) is 5.47. The summed E-state index contributed by atoms with van der Waals surface area (Å²) in [5.74, 6) is 0.555. The van der Waals surface area contributed by atoms with E-state index in [0.29, 0.717) is 22.1 Å². The molecule has 150 valence electrons. The van der Waals surface area contributed by atoms with Crippen molar-refractivity contribution < 1.29 is 23.4 Å². The van der Waals surface area contributed by atoms with Crippen LogP contribution in [0.5, 0.6) is 23.0 Å². The first-order chi connectivity index (χ1) is 14.5. The van der Waals surface area contributed by atoms with Crippen molar-refractivity contribution >= 4 is 28.5 Å². The summed E-state index contributed by atoms with van der Waals surface area (Å²) in [7, 11) is 1.51. The van der Waals surface area contributed by atoms with E-state index in [4.69, 9.17) is 30.2 Å². The summed E-state index contributed by atoms with van der Waals surface area (Å²) < 4.78 is 21.6. The maximum Gasteiger partial charge on any atom is 0.343 e. The van der Waals surface area contributed by atoms with E-state index in [-0.39, 0.29) is 27.9 Å². The molecule has 0 radical (unpaired) electrons. The van der Waals surface area contributed by atoms with Gasteiger partial charge in [-0.1, -0.05) is 29.8 Å². The van der Waals surface area contributed by atoms with Crippen molar-refractivity contribution in [3.05, 3.63) is 93.8 Å². The van der Waals surface area contributed by atoms with Gasteiger partial charge >= 0.3 is 5.97 Å². The third-order valence-corrected chi connectivity index (χ3v) is 4.60. The van der Waals surface area contributed by atoms with Crippen LogP contribution in [0.25, 0.3) is 11.0 Å². The number of carbonyl (C=O) groups is 1. The molecule has 4 rings (SSSR count). The quantitative estimate of drug-likeness (QED) is 0.314. The smallest absolute Gasteiger partial charge is 0.343 e. The van der Waals surface area contributed by atoms with Crippen LogP contribution in [0, 0.1) is 0 Å². The Balaban J connectivity index is 1.60. The minimum absolute atomic E-state index is 0.00303. The van der Waals surface area contributed by atoms with Gasteiger partial charge < -0.3 is 18.6 Å². The van der Waals surface area contributed by atoms with Gasteiger partial charge in [0.1, 0.15) is 29.1 Å². The SMILES string of the molecule is COc1cccc(C(=O)Oc2ccc3c(=O)c(Oc4ccccc4Cl)coc3c2)c1. The van der Waals surface area contributed by atoms with E-state index >= 15 is 0 Å². The first-order valence-electron chi connectivity index (χ1n) is 8.89. The average Bonchev–Trinajstić information content (AvgIpc) is 2.77. The molecular weight excluding hydrogens is 408 g/mol. The van der Waals surface area contributed by atoms with Gasteiger partial charge in [-0.05, 0) is 42.5 Å². The molecule has 0 aliphatic carbocycles. The van der Waals surface area contributed by atoms with Crippen LogP contribution in [0.4, 0.5) is 0 Å². The summed E-state index contributed by atoms with van der Waals surface area (Å²) in [6.07, 6.45) is 1.20. The van der Waals surface area contributed by atoms with E-state index in [1.807, 2.05) is 0 Å². The lowest BCUT2D eigenvalue weighted by Crippen LogP contribution is -2.09. The number of methoxy groups -OCH3 is 1. The molecule has 4 aromatic rings. The second-order valence-corrected chi connectivity index (χ2v) is 6.65. The molecule has 0 aliphatic heterocycles. The van der Waals surface area contributed by atoms with E-state index < -0.39 is 5.97 Å². The number of rotatable bonds is 5. The van der Waals surface area contributed by atoms with Crippen LogP contribution < -0.4 is 19.6 Å². The molecule has 0 saturated heterocycles. The molecule has 1 heterocycles. The Morgan fingerprint density at radius 1 is 0.933 bits per heavy atom. The molecule has 0 unspecified atom stereocenters. The Morgan fingerprint density at radius 3 is 2.57 bits per heavy atom. The number of hydrogen-bond donors (Lipinski definition) is 0. The van der Waals surface area contributed by atoms with Crippen LogP contribution in [-0.2, 0) is 0 Å². The molecule has 0 amide bonds. The third kappa shape index (κ3) is 3.99. The fraction of sp³-hybridized carbons (Fsp3) is 0.0435. The molecule has 6 nitrogen and oxygen atoms in total. The predicted molar refractivity (Wildman–Crippen MR) is 112 cm³/mol. The standard InChI is InChI=1S/C23H15ClO6/c1-27-15-6-4-5-14(11-15)23(26)29-16-9-10-17-20(12-16)28-13-21(22(17)25)30-19-8-3-2-7-18(19)24/h2-13H,1H3. The number of ether oxygens (including phenoxy) is 3. The van der Waals surface area contributed by atoms with E-state index in [0.717, 1.165) is 0 Å². The highest BCUT2D eigenvalue weighted by Crippen LogP contribution is 2.29. The Morgan fingerprint density at radius 2 is 1.77 bits per heavy atom. The van der Waals surface area contributed by atoms with Crippen molar-refractivity contribution in [1.29, 1.82) is 0 Å². The van der Waals surface area contributed by atoms with Crippen molar-refractivity contribution in [3.8, 4) is 23.0 Å². The van der Waals surface area contributed by atoms with Crippen LogP contribution >= 0.6 is 11.6 Å². The number of carbonyl (C=O) groups excluding carboxylic acids is 1. The number of esters is 1. The second kappa shape index (κ2) is 8.31. The number of hydrogen-bond acceptors (Lipinski definition) is 6. The summed E-state index contributed by atoms with van der Waals surface area (Å²) in [6, 6.07) is 17.9. The van der Waals surface area contributed by atoms with Crippen molar-refractivity contribution in [2.45, 2.75) is 0 Å². The van der Waals surface area contributed by atoms with E-state index in [2.05, 4.69) is 0 Å². The molecule has 0 spiro atoms. The summed E-state index contributed by atoms with van der Waals surface area (Å²) >= 11 is 6.07. The zero-order chi connectivity index (χ0) is 21.1. The highest BCUT2D eigenvalue weighted by Gasteiger charge is 2.14. The van der Waals surface area contributed by atoms with Gasteiger partial charge in [-0.2, -0.15) is 0 Å². The maximum atomic E-state index is 12.7.